The number of nitrogen functional groups attached to an aromatic ring is 1. The Kier molecular flexibility index (Phi) is 4.69. The molecule has 7 nitrogen and oxygen atoms in total. The highest BCUT2D eigenvalue weighted by Crippen LogP contribution is 2.26. The van der Waals surface area contributed by atoms with Crippen molar-refractivity contribution in [1.82, 2.24) is 20.1 Å². The van der Waals surface area contributed by atoms with Gasteiger partial charge in [0, 0.05) is 19.0 Å². The van der Waals surface area contributed by atoms with Crippen molar-refractivity contribution in [3.63, 3.8) is 0 Å². The topological polar surface area (TPSA) is 97.1 Å². The van der Waals surface area contributed by atoms with E-state index in [9.17, 15) is 4.79 Å². The molecule has 7 heteroatoms. The van der Waals surface area contributed by atoms with E-state index in [1.165, 1.54) is 0 Å². The zero-order valence-electron chi connectivity index (χ0n) is 14.1. The lowest BCUT2D eigenvalue weighted by molar-refractivity contribution is -0.131. The number of ether oxygens (including phenoxy) is 1. The van der Waals surface area contributed by atoms with E-state index in [0.717, 1.165) is 48.6 Å². The van der Waals surface area contributed by atoms with Crippen molar-refractivity contribution >= 4 is 11.9 Å². The fourth-order valence-electron chi connectivity index (χ4n) is 3.14. The Hall–Kier alpha value is -2.57. The van der Waals surface area contributed by atoms with E-state index in [4.69, 9.17) is 10.5 Å². The number of likely N-dealkylation sites (tertiary alicyclic amines) is 1. The molecule has 0 atom stereocenters. The average Bonchev–Trinajstić information content (AvgIpc) is 3.03. The molecule has 3 N–H and O–H groups in total. The minimum atomic E-state index is 0.166. The van der Waals surface area contributed by atoms with Crippen molar-refractivity contribution in [2.45, 2.75) is 32.1 Å². The normalized spacial score (nSPS) is 15.5. The van der Waals surface area contributed by atoms with Crippen molar-refractivity contribution in [2.24, 2.45) is 0 Å². The highest BCUT2D eigenvalue weighted by atomic mass is 16.5. The molecule has 0 saturated carbocycles. The molecule has 0 bridgehead atoms. The van der Waals surface area contributed by atoms with E-state index in [2.05, 4.69) is 15.2 Å². The van der Waals surface area contributed by atoms with Crippen LogP contribution in [0, 0.1) is 6.92 Å². The number of hydrogen-bond donors (Lipinski definition) is 2. The average molecular weight is 329 g/mol. The van der Waals surface area contributed by atoms with Gasteiger partial charge in [0.2, 0.25) is 11.9 Å². The van der Waals surface area contributed by atoms with E-state index in [1.807, 2.05) is 30.0 Å². The molecular formula is C17H23N5O2. The zero-order chi connectivity index (χ0) is 17.1. The maximum atomic E-state index is 12.6. The van der Waals surface area contributed by atoms with Gasteiger partial charge in [-0.05, 0) is 43.0 Å². The van der Waals surface area contributed by atoms with Crippen LogP contribution < -0.4 is 10.5 Å². The molecule has 1 amide bonds. The van der Waals surface area contributed by atoms with Gasteiger partial charge in [-0.1, -0.05) is 6.07 Å². The SMILES string of the molecule is COc1ccc(CC(=O)N2CCC(c3nc(N)n[nH]3)CC2)c(C)c1. The maximum Gasteiger partial charge on any atom is 0.239 e. The fraction of sp³-hybridized carbons (Fsp3) is 0.471. The van der Waals surface area contributed by atoms with Crippen LogP contribution in [0.15, 0.2) is 18.2 Å². The van der Waals surface area contributed by atoms with Crippen LogP contribution in [0.25, 0.3) is 0 Å². The number of nitrogens with two attached hydrogens (primary N) is 1. The first-order chi connectivity index (χ1) is 11.6. The van der Waals surface area contributed by atoms with Gasteiger partial charge in [-0.3, -0.25) is 9.89 Å². The standard InChI is InChI=1S/C17H23N5O2/c1-11-9-14(24-2)4-3-13(11)10-15(23)22-7-5-12(6-8-22)16-19-17(18)21-20-16/h3-4,9,12H,5-8,10H2,1-2H3,(H3,18,19,20,21). The van der Waals surface area contributed by atoms with Gasteiger partial charge in [-0.25, -0.2) is 0 Å². The molecule has 0 spiro atoms. The summed E-state index contributed by atoms with van der Waals surface area (Å²) in [5.74, 6) is 2.38. The second kappa shape index (κ2) is 6.90. The van der Waals surface area contributed by atoms with Crippen LogP contribution in [0.2, 0.25) is 0 Å². The molecule has 0 radical (unpaired) electrons. The van der Waals surface area contributed by atoms with Gasteiger partial charge < -0.3 is 15.4 Å². The maximum absolute atomic E-state index is 12.6. The third-order valence-electron chi connectivity index (χ3n) is 4.65. The Morgan fingerprint density at radius 2 is 2.17 bits per heavy atom. The summed E-state index contributed by atoms with van der Waals surface area (Å²) in [5.41, 5.74) is 7.68. The number of carbonyl (C=O) groups excluding carboxylic acids is 1. The Labute approximate surface area is 141 Å². The minimum absolute atomic E-state index is 0.166. The first-order valence-electron chi connectivity index (χ1n) is 8.16. The second-order valence-electron chi connectivity index (χ2n) is 6.20. The predicted octanol–water partition coefficient (Wildman–Crippen LogP) is 1.65. The number of rotatable bonds is 4. The van der Waals surface area contributed by atoms with Crippen molar-refractivity contribution in [3.05, 3.63) is 35.2 Å². The van der Waals surface area contributed by atoms with E-state index in [-0.39, 0.29) is 11.9 Å². The number of methoxy groups -OCH3 is 1. The number of amides is 1. The summed E-state index contributed by atoms with van der Waals surface area (Å²) in [6.07, 6.45) is 2.18. The van der Waals surface area contributed by atoms with Crippen LogP contribution in [0.4, 0.5) is 5.95 Å². The molecule has 3 rings (SSSR count). The highest BCUT2D eigenvalue weighted by Gasteiger charge is 2.26. The second-order valence-corrected chi connectivity index (χ2v) is 6.20. The number of aryl methyl sites for hydroxylation is 1. The summed E-state index contributed by atoms with van der Waals surface area (Å²) >= 11 is 0. The summed E-state index contributed by atoms with van der Waals surface area (Å²) in [7, 11) is 1.64. The van der Waals surface area contributed by atoms with Crippen LogP contribution in [-0.4, -0.2) is 46.2 Å². The van der Waals surface area contributed by atoms with Crippen LogP contribution >= 0.6 is 0 Å². The number of piperidine rings is 1. The quantitative estimate of drug-likeness (QED) is 0.889. The molecule has 1 saturated heterocycles. The lowest BCUT2D eigenvalue weighted by Gasteiger charge is -2.31. The Morgan fingerprint density at radius 1 is 1.42 bits per heavy atom. The fourth-order valence-corrected chi connectivity index (χ4v) is 3.14. The van der Waals surface area contributed by atoms with Crippen molar-refractivity contribution in [2.75, 3.05) is 25.9 Å². The number of hydrogen-bond acceptors (Lipinski definition) is 5. The first-order valence-corrected chi connectivity index (χ1v) is 8.16. The summed E-state index contributed by atoms with van der Waals surface area (Å²) in [4.78, 5) is 18.7. The molecule has 24 heavy (non-hydrogen) atoms. The highest BCUT2D eigenvalue weighted by molar-refractivity contribution is 5.79. The molecule has 1 aliphatic heterocycles. The molecule has 0 unspecified atom stereocenters. The van der Waals surface area contributed by atoms with E-state index < -0.39 is 0 Å². The van der Waals surface area contributed by atoms with Gasteiger partial charge in [0.05, 0.1) is 13.5 Å². The van der Waals surface area contributed by atoms with Gasteiger partial charge in [-0.2, -0.15) is 4.98 Å². The molecular weight excluding hydrogens is 306 g/mol. The van der Waals surface area contributed by atoms with Crippen molar-refractivity contribution < 1.29 is 9.53 Å². The number of aromatic amines is 1. The lowest BCUT2D eigenvalue weighted by Crippen LogP contribution is -2.39. The molecule has 2 heterocycles. The Balaban J connectivity index is 1.57. The summed E-state index contributed by atoms with van der Waals surface area (Å²) < 4.78 is 5.21. The van der Waals surface area contributed by atoms with Gasteiger partial charge in [0.1, 0.15) is 11.6 Å². The predicted molar refractivity (Wildman–Crippen MR) is 90.8 cm³/mol. The zero-order valence-corrected chi connectivity index (χ0v) is 14.1. The van der Waals surface area contributed by atoms with E-state index >= 15 is 0 Å². The van der Waals surface area contributed by atoms with Gasteiger partial charge >= 0.3 is 0 Å². The number of nitrogens with one attached hydrogen (secondary N) is 1. The van der Waals surface area contributed by atoms with Crippen LogP contribution in [-0.2, 0) is 11.2 Å². The number of H-pyrrole nitrogens is 1. The first kappa shape index (κ1) is 16.3. The summed E-state index contributed by atoms with van der Waals surface area (Å²) in [6, 6.07) is 5.83. The smallest absolute Gasteiger partial charge is 0.239 e. The summed E-state index contributed by atoms with van der Waals surface area (Å²) in [5, 5.41) is 6.75. The van der Waals surface area contributed by atoms with Crippen molar-refractivity contribution in [3.8, 4) is 5.75 Å². The van der Waals surface area contributed by atoms with Crippen molar-refractivity contribution in [1.29, 1.82) is 0 Å². The Bertz CT molecular complexity index is 720. The molecule has 0 aliphatic carbocycles. The molecule has 128 valence electrons. The van der Waals surface area contributed by atoms with Gasteiger partial charge in [-0.15, -0.1) is 5.10 Å². The van der Waals surface area contributed by atoms with E-state index in [0.29, 0.717) is 12.3 Å². The van der Waals surface area contributed by atoms with E-state index in [1.54, 1.807) is 7.11 Å². The largest absolute Gasteiger partial charge is 0.497 e. The monoisotopic (exact) mass is 329 g/mol. The Morgan fingerprint density at radius 3 is 2.75 bits per heavy atom. The van der Waals surface area contributed by atoms with Gasteiger partial charge in [0.15, 0.2) is 0 Å². The third kappa shape index (κ3) is 3.50. The molecule has 1 aromatic carbocycles. The summed E-state index contributed by atoms with van der Waals surface area (Å²) in [6.45, 7) is 3.48. The number of benzene rings is 1. The third-order valence-corrected chi connectivity index (χ3v) is 4.65. The number of carbonyl (C=O) groups is 1. The molecule has 2 aromatic rings. The number of anilines is 1. The van der Waals surface area contributed by atoms with Crippen LogP contribution in [0.1, 0.15) is 35.7 Å². The van der Waals surface area contributed by atoms with Crippen LogP contribution in [0.5, 0.6) is 5.75 Å². The molecule has 1 fully saturated rings. The lowest BCUT2D eigenvalue weighted by atomic mass is 9.95. The number of aromatic nitrogens is 3. The number of nitrogens with zero attached hydrogens (tertiary/aromatic N) is 3. The molecule has 1 aromatic heterocycles. The van der Waals surface area contributed by atoms with Gasteiger partial charge in [0.25, 0.3) is 0 Å². The minimum Gasteiger partial charge on any atom is -0.497 e. The molecule has 1 aliphatic rings. The van der Waals surface area contributed by atoms with Crippen LogP contribution in [0.3, 0.4) is 0 Å².